The molecule has 1 fully saturated rings. The molecule has 5 N–H and O–H groups in total. The van der Waals surface area contributed by atoms with Gasteiger partial charge in [-0.25, -0.2) is 19.3 Å². The third-order valence-corrected chi connectivity index (χ3v) is 3.97. The molecule has 2 aromatic heterocycles. The van der Waals surface area contributed by atoms with E-state index in [-0.39, 0.29) is 11.6 Å². The van der Waals surface area contributed by atoms with Crippen molar-refractivity contribution in [1.29, 1.82) is 0 Å². The number of fused-ring (bicyclic) bond motifs is 1. The summed E-state index contributed by atoms with van der Waals surface area (Å²) in [6.45, 7) is 0.424. The first-order valence-electron chi connectivity index (χ1n) is 7.39. The standard InChI is InChI=1S/C15H16FN7/c16-8-1-4-10-11(5-8)23(9-2-3-9)12(22-10)6-19-15-13(17)14(18)20-7-21-15/h1,4-5,7,9H,2-3,6,17H2,(H3,18,19,20,21). The molecular weight excluding hydrogens is 297 g/mol. The van der Waals surface area contributed by atoms with Crippen molar-refractivity contribution in [2.24, 2.45) is 0 Å². The normalized spacial score (nSPS) is 14.3. The van der Waals surface area contributed by atoms with Crippen molar-refractivity contribution >= 4 is 28.4 Å². The Morgan fingerprint density at radius 2 is 2.09 bits per heavy atom. The number of nitrogens with two attached hydrogens (primary N) is 2. The fourth-order valence-corrected chi connectivity index (χ4v) is 2.69. The van der Waals surface area contributed by atoms with Crippen LogP contribution in [0.2, 0.25) is 0 Å². The maximum absolute atomic E-state index is 13.6. The first kappa shape index (κ1) is 13.7. The Hall–Kier alpha value is -2.90. The third-order valence-electron chi connectivity index (χ3n) is 3.97. The van der Waals surface area contributed by atoms with Gasteiger partial charge in [0.1, 0.15) is 23.7 Å². The summed E-state index contributed by atoms with van der Waals surface area (Å²) < 4.78 is 15.6. The smallest absolute Gasteiger partial charge is 0.155 e. The van der Waals surface area contributed by atoms with Gasteiger partial charge in [-0.1, -0.05) is 0 Å². The first-order valence-corrected chi connectivity index (χ1v) is 7.39. The second kappa shape index (κ2) is 5.08. The highest BCUT2D eigenvalue weighted by Crippen LogP contribution is 2.39. The van der Waals surface area contributed by atoms with Gasteiger partial charge in [0.2, 0.25) is 0 Å². The SMILES string of the molecule is Nc1ncnc(NCc2nc3ccc(F)cc3n2C2CC2)c1N. The highest BCUT2D eigenvalue weighted by atomic mass is 19.1. The molecule has 0 unspecified atom stereocenters. The number of halogens is 1. The molecule has 0 saturated heterocycles. The lowest BCUT2D eigenvalue weighted by molar-refractivity contribution is 0.627. The topological polar surface area (TPSA) is 108 Å². The molecular formula is C15H16FN7. The van der Waals surface area contributed by atoms with Crippen LogP contribution in [0.1, 0.15) is 24.7 Å². The van der Waals surface area contributed by atoms with E-state index in [0.29, 0.717) is 24.1 Å². The second-order valence-electron chi connectivity index (χ2n) is 5.64. The van der Waals surface area contributed by atoms with Crippen molar-refractivity contribution in [1.82, 2.24) is 19.5 Å². The summed E-state index contributed by atoms with van der Waals surface area (Å²) in [5, 5.41) is 3.14. The Morgan fingerprint density at radius 3 is 2.87 bits per heavy atom. The van der Waals surface area contributed by atoms with Crippen molar-refractivity contribution in [3.63, 3.8) is 0 Å². The molecule has 8 heteroatoms. The van der Waals surface area contributed by atoms with Gasteiger partial charge >= 0.3 is 0 Å². The van der Waals surface area contributed by atoms with Crippen molar-refractivity contribution in [3.05, 3.63) is 36.2 Å². The van der Waals surface area contributed by atoms with Crippen molar-refractivity contribution in [2.45, 2.75) is 25.4 Å². The van der Waals surface area contributed by atoms with Crippen LogP contribution in [0.15, 0.2) is 24.5 Å². The average molecular weight is 313 g/mol. The van der Waals surface area contributed by atoms with E-state index in [1.165, 1.54) is 18.5 Å². The van der Waals surface area contributed by atoms with E-state index < -0.39 is 0 Å². The number of rotatable bonds is 4. The number of nitrogens with one attached hydrogen (secondary N) is 1. The van der Waals surface area contributed by atoms with Crippen LogP contribution >= 0.6 is 0 Å². The summed E-state index contributed by atoms with van der Waals surface area (Å²) >= 11 is 0. The molecule has 1 aliphatic carbocycles. The molecule has 1 aromatic carbocycles. The zero-order valence-electron chi connectivity index (χ0n) is 12.3. The van der Waals surface area contributed by atoms with Crippen LogP contribution in [0, 0.1) is 5.82 Å². The van der Waals surface area contributed by atoms with Gasteiger partial charge < -0.3 is 21.4 Å². The minimum Gasteiger partial charge on any atom is -0.393 e. The Labute approximate surface area is 131 Å². The molecule has 0 radical (unpaired) electrons. The Morgan fingerprint density at radius 1 is 1.26 bits per heavy atom. The van der Waals surface area contributed by atoms with Crippen LogP contribution in [-0.4, -0.2) is 19.5 Å². The quantitative estimate of drug-likeness (QED) is 0.680. The summed E-state index contributed by atoms with van der Waals surface area (Å²) in [7, 11) is 0. The number of nitrogen functional groups attached to an aromatic ring is 2. The minimum absolute atomic E-state index is 0.236. The number of hydrogen-bond acceptors (Lipinski definition) is 6. The predicted molar refractivity (Wildman–Crippen MR) is 86.1 cm³/mol. The van der Waals surface area contributed by atoms with Crippen molar-refractivity contribution < 1.29 is 4.39 Å². The van der Waals surface area contributed by atoms with Gasteiger partial charge in [0, 0.05) is 6.04 Å². The molecule has 2 heterocycles. The Balaban J connectivity index is 1.69. The molecule has 1 saturated carbocycles. The highest BCUT2D eigenvalue weighted by Gasteiger charge is 2.28. The van der Waals surface area contributed by atoms with E-state index in [1.54, 1.807) is 6.07 Å². The van der Waals surface area contributed by atoms with Crippen LogP contribution < -0.4 is 16.8 Å². The van der Waals surface area contributed by atoms with Gasteiger partial charge in [0.05, 0.1) is 17.6 Å². The summed E-state index contributed by atoms with van der Waals surface area (Å²) in [5.74, 6) is 1.27. The average Bonchev–Trinajstić information content (AvgIpc) is 3.30. The van der Waals surface area contributed by atoms with Gasteiger partial charge in [0.15, 0.2) is 11.6 Å². The maximum Gasteiger partial charge on any atom is 0.155 e. The molecule has 0 aliphatic heterocycles. The number of aromatic nitrogens is 4. The van der Waals surface area contributed by atoms with E-state index in [4.69, 9.17) is 11.5 Å². The number of benzene rings is 1. The zero-order chi connectivity index (χ0) is 16.0. The van der Waals surface area contributed by atoms with Crippen molar-refractivity contribution in [3.8, 4) is 0 Å². The summed E-state index contributed by atoms with van der Waals surface area (Å²) in [6.07, 6.45) is 3.52. The molecule has 118 valence electrons. The Kier molecular flexibility index (Phi) is 3.03. The lowest BCUT2D eigenvalue weighted by Gasteiger charge is -2.11. The van der Waals surface area contributed by atoms with Gasteiger partial charge in [-0.2, -0.15) is 0 Å². The largest absolute Gasteiger partial charge is 0.393 e. The number of hydrogen-bond donors (Lipinski definition) is 3. The second-order valence-corrected chi connectivity index (χ2v) is 5.64. The Bertz CT molecular complexity index is 885. The number of anilines is 3. The number of nitrogens with zero attached hydrogens (tertiary/aromatic N) is 4. The molecule has 3 aromatic rings. The maximum atomic E-state index is 13.6. The monoisotopic (exact) mass is 313 g/mol. The van der Waals surface area contributed by atoms with Gasteiger partial charge in [-0.15, -0.1) is 0 Å². The van der Waals surface area contributed by atoms with E-state index >= 15 is 0 Å². The van der Waals surface area contributed by atoms with E-state index in [1.807, 2.05) is 0 Å². The van der Waals surface area contributed by atoms with Crippen LogP contribution in [0.25, 0.3) is 11.0 Å². The molecule has 0 amide bonds. The molecule has 0 spiro atoms. The van der Waals surface area contributed by atoms with Gasteiger partial charge in [-0.05, 0) is 31.0 Å². The van der Waals surface area contributed by atoms with E-state index in [0.717, 1.165) is 29.7 Å². The molecule has 23 heavy (non-hydrogen) atoms. The molecule has 1 aliphatic rings. The molecule has 0 bridgehead atoms. The molecule has 7 nitrogen and oxygen atoms in total. The fraction of sp³-hybridized carbons (Fsp3) is 0.267. The van der Waals surface area contributed by atoms with Crippen LogP contribution in [0.5, 0.6) is 0 Å². The van der Waals surface area contributed by atoms with Crippen LogP contribution in [0.3, 0.4) is 0 Å². The molecule has 0 atom stereocenters. The fourth-order valence-electron chi connectivity index (χ4n) is 2.69. The van der Waals surface area contributed by atoms with Crippen molar-refractivity contribution in [2.75, 3.05) is 16.8 Å². The highest BCUT2D eigenvalue weighted by molar-refractivity contribution is 5.77. The van der Waals surface area contributed by atoms with E-state index in [9.17, 15) is 4.39 Å². The summed E-state index contributed by atoms with van der Waals surface area (Å²) in [5.41, 5.74) is 13.5. The number of imidazole rings is 1. The lowest BCUT2D eigenvalue weighted by atomic mass is 10.3. The zero-order valence-corrected chi connectivity index (χ0v) is 12.3. The molecule has 4 rings (SSSR count). The minimum atomic E-state index is -0.258. The predicted octanol–water partition coefficient (Wildman–Crippen LogP) is 2.08. The lowest BCUT2D eigenvalue weighted by Crippen LogP contribution is -2.11. The van der Waals surface area contributed by atoms with Gasteiger partial charge in [0.25, 0.3) is 0 Å². The van der Waals surface area contributed by atoms with Crippen LogP contribution in [0.4, 0.5) is 21.7 Å². The third kappa shape index (κ3) is 2.41. The van der Waals surface area contributed by atoms with E-state index in [2.05, 4.69) is 24.8 Å². The van der Waals surface area contributed by atoms with Crippen LogP contribution in [-0.2, 0) is 6.54 Å². The summed E-state index contributed by atoms with van der Waals surface area (Å²) in [4.78, 5) is 12.5. The first-order chi connectivity index (χ1) is 11.1. The summed E-state index contributed by atoms with van der Waals surface area (Å²) in [6, 6.07) is 5.03. The van der Waals surface area contributed by atoms with Gasteiger partial charge in [-0.3, -0.25) is 0 Å².